The Labute approximate surface area is 222 Å². The van der Waals surface area contributed by atoms with Crippen molar-refractivity contribution in [1.29, 1.82) is 0 Å². The first-order chi connectivity index (χ1) is 18.2. The second-order valence-corrected chi connectivity index (χ2v) is 10.5. The lowest BCUT2D eigenvalue weighted by Gasteiger charge is -2.28. The molecule has 2 aliphatic carbocycles. The van der Waals surface area contributed by atoms with Crippen LogP contribution in [-0.2, 0) is 28.8 Å². The van der Waals surface area contributed by atoms with Crippen LogP contribution in [-0.4, -0.2) is 23.3 Å². The van der Waals surface area contributed by atoms with E-state index in [9.17, 15) is 18.0 Å². The zero-order chi connectivity index (χ0) is 27.1. The van der Waals surface area contributed by atoms with E-state index in [1.54, 1.807) is 12.1 Å². The molecular weight excluding hydrogens is 493 g/mol. The molecular formula is C30H37F3N2O3. The highest BCUT2D eigenvalue weighted by Crippen LogP contribution is 2.41. The average molecular weight is 531 g/mol. The van der Waals surface area contributed by atoms with Gasteiger partial charge in [-0.3, -0.25) is 4.79 Å². The third kappa shape index (κ3) is 7.16. The second kappa shape index (κ2) is 12.8. The number of rotatable bonds is 10. The van der Waals surface area contributed by atoms with Crippen molar-refractivity contribution in [1.82, 2.24) is 5.32 Å². The Morgan fingerprint density at radius 3 is 2.61 bits per heavy atom. The Bertz CT molecular complexity index is 1140. The van der Waals surface area contributed by atoms with Crippen LogP contribution in [0.15, 0.2) is 41.6 Å². The maximum Gasteiger partial charge on any atom is 0.416 e. The molecule has 0 amide bonds. The smallest absolute Gasteiger partial charge is 0.416 e. The lowest BCUT2D eigenvalue weighted by atomic mass is 9.81. The summed E-state index contributed by atoms with van der Waals surface area (Å²) < 4.78 is 41.6. The molecule has 2 aromatic rings. The fourth-order valence-electron chi connectivity index (χ4n) is 5.88. The summed E-state index contributed by atoms with van der Waals surface area (Å²) in [6, 6.07) is 10.8. The molecule has 0 aromatic heterocycles. The Balaban J connectivity index is 1.44. The van der Waals surface area contributed by atoms with Gasteiger partial charge in [-0.15, -0.1) is 0 Å². The van der Waals surface area contributed by atoms with Gasteiger partial charge < -0.3 is 15.3 Å². The summed E-state index contributed by atoms with van der Waals surface area (Å²) in [6.45, 7) is 2.46. The van der Waals surface area contributed by atoms with Crippen molar-refractivity contribution >= 4 is 11.7 Å². The number of nitrogens with one attached hydrogen (secondary N) is 1. The summed E-state index contributed by atoms with van der Waals surface area (Å²) in [4.78, 5) is 16.3. The zero-order valence-electron chi connectivity index (χ0n) is 21.9. The summed E-state index contributed by atoms with van der Waals surface area (Å²) in [5.41, 5.74) is 4.34. The molecule has 2 N–H and O–H groups in total. The van der Waals surface area contributed by atoms with Gasteiger partial charge in [-0.25, -0.2) is 0 Å². The van der Waals surface area contributed by atoms with E-state index in [1.807, 2.05) is 19.1 Å². The van der Waals surface area contributed by atoms with Crippen molar-refractivity contribution in [2.45, 2.75) is 95.9 Å². The van der Waals surface area contributed by atoms with Crippen LogP contribution in [0.2, 0.25) is 0 Å². The minimum absolute atomic E-state index is 0.0321. The molecule has 2 aromatic carbocycles. The fourth-order valence-corrected chi connectivity index (χ4v) is 5.88. The molecule has 4 rings (SSSR count). The van der Waals surface area contributed by atoms with E-state index in [0.29, 0.717) is 29.8 Å². The van der Waals surface area contributed by atoms with Crippen LogP contribution in [0.4, 0.5) is 13.2 Å². The Hall–Kier alpha value is -2.87. The molecule has 8 heteroatoms. The van der Waals surface area contributed by atoms with E-state index in [4.69, 9.17) is 9.94 Å². The number of oxime groups is 1. The van der Waals surface area contributed by atoms with Crippen LogP contribution in [0.3, 0.4) is 0 Å². The highest BCUT2D eigenvalue weighted by Gasteiger charge is 2.35. The molecule has 206 valence electrons. The molecule has 0 aliphatic heterocycles. The van der Waals surface area contributed by atoms with Gasteiger partial charge in [-0.1, -0.05) is 54.8 Å². The molecule has 1 fully saturated rings. The number of nitrogens with zero attached hydrogens (tertiary/aromatic N) is 1. The van der Waals surface area contributed by atoms with E-state index < -0.39 is 17.7 Å². The molecule has 5 nitrogen and oxygen atoms in total. The quantitative estimate of drug-likeness (QED) is 0.189. The van der Waals surface area contributed by atoms with Gasteiger partial charge in [0, 0.05) is 18.0 Å². The van der Waals surface area contributed by atoms with Gasteiger partial charge in [-0.2, -0.15) is 13.2 Å². The average Bonchev–Trinajstić information content (AvgIpc) is 2.90. The normalized spacial score (nSPS) is 18.7. The largest absolute Gasteiger partial charge is 0.481 e. The van der Waals surface area contributed by atoms with Crippen LogP contribution < -0.4 is 5.32 Å². The molecule has 38 heavy (non-hydrogen) atoms. The molecule has 1 saturated carbocycles. The lowest BCUT2D eigenvalue weighted by molar-refractivity contribution is -0.139. The SMILES string of the molecule is C/C(=N\OCc1ccc(C2CCCCC2)c(C(F)(F)F)c1)c1cccc2c1CCCC2NCCCC(=O)O. The number of hydrogen-bond donors (Lipinski definition) is 2. The number of carbonyl (C=O) groups is 1. The molecule has 1 unspecified atom stereocenters. The van der Waals surface area contributed by atoms with Gasteiger partial charge in [0.2, 0.25) is 0 Å². The summed E-state index contributed by atoms with van der Waals surface area (Å²) in [6.07, 6.45) is 3.87. The Morgan fingerprint density at radius 2 is 1.87 bits per heavy atom. The molecule has 0 saturated heterocycles. The summed E-state index contributed by atoms with van der Waals surface area (Å²) in [5.74, 6) is -0.824. The maximum absolute atomic E-state index is 13.9. The first-order valence-corrected chi connectivity index (χ1v) is 13.7. The summed E-state index contributed by atoms with van der Waals surface area (Å²) >= 11 is 0. The maximum atomic E-state index is 13.9. The van der Waals surface area contributed by atoms with E-state index in [2.05, 4.69) is 16.5 Å². The Morgan fingerprint density at radius 1 is 1.08 bits per heavy atom. The molecule has 0 radical (unpaired) electrons. The number of benzene rings is 2. The van der Waals surface area contributed by atoms with Crippen molar-refractivity contribution in [2.75, 3.05) is 6.54 Å². The number of aliphatic carboxylic acids is 1. The van der Waals surface area contributed by atoms with Gasteiger partial charge in [0.25, 0.3) is 0 Å². The van der Waals surface area contributed by atoms with Crippen molar-refractivity contribution in [3.63, 3.8) is 0 Å². The first kappa shape index (κ1) is 28.1. The van der Waals surface area contributed by atoms with Crippen LogP contribution in [0.25, 0.3) is 0 Å². The lowest BCUT2D eigenvalue weighted by Crippen LogP contribution is -2.27. The highest BCUT2D eigenvalue weighted by molar-refractivity contribution is 6.00. The fraction of sp³-hybridized carbons (Fsp3) is 0.533. The number of alkyl halides is 3. The minimum atomic E-state index is -4.40. The van der Waals surface area contributed by atoms with E-state index in [0.717, 1.165) is 56.9 Å². The number of hydrogen-bond acceptors (Lipinski definition) is 4. The van der Waals surface area contributed by atoms with Gasteiger partial charge in [0.15, 0.2) is 0 Å². The monoisotopic (exact) mass is 530 g/mol. The summed E-state index contributed by atoms with van der Waals surface area (Å²) in [7, 11) is 0. The van der Waals surface area contributed by atoms with Crippen molar-refractivity contribution < 1.29 is 27.9 Å². The van der Waals surface area contributed by atoms with Crippen LogP contribution in [0.5, 0.6) is 0 Å². The number of carboxylic acid groups (broad SMARTS) is 1. The van der Waals surface area contributed by atoms with E-state index >= 15 is 0 Å². The van der Waals surface area contributed by atoms with Crippen molar-refractivity contribution in [3.05, 3.63) is 69.8 Å². The second-order valence-electron chi connectivity index (χ2n) is 10.5. The van der Waals surface area contributed by atoms with Gasteiger partial charge in [0.05, 0.1) is 11.3 Å². The Kier molecular flexibility index (Phi) is 9.47. The number of halogens is 3. The van der Waals surface area contributed by atoms with Crippen LogP contribution >= 0.6 is 0 Å². The predicted octanol–water partition coefficient (Wildman–Crippen LogP) is 7.53. The third-order valence-electron chi connectivity index (χ3n) is 7.76. The first-order valence-electron chi connectivity index (χ1n) is 13.7. The van der Waals surface area contributed by atoms with Crippen LogP contribution in [0.1, 0.15) is 110 Å². The molecule has 1 atom stereocenters. The zero-order valence-corrected chi connectivity index (χ0v) is 21.9. The van der Waals surface area contributed by atoms with Crippen molar-refractivity contribution in [3.8, 4) is 0 Å². The summed E-state index contributed by atoms with van der Waals surface area (Å²) in [5, 5.41) is 16.6. The molecule has 0 heterocycles. The third-order valence-corrected chi connectivity index (χ3v) is 7.76. The van der Waals surface area contributed by atoms with E-state index in [1.165, 1.54) is 17.2 Å². The predicted molar refractivity (Wildman–Crippen MR) is 141 cm³/mol. The molecule has 2 aliphatic rings. The topological polar surface area (TPSA) is 70.9 Å². The van der Waals surface area contributed by atoms with Gasteiger partial charge >= 0.3 is 12.1 Å². The van der Waals surface area contributed by atoms with Gasteiger partial charge in [0.1, 0.15) is 6.61 Å². The number of fused-ring (bicyclic) bond motifs is 1. The minimum Gasteiger partial charge on any atom is -0.481 e. The van der Waals surface area contributed by atoms with Crippen LogP contribution in [0, 0.1) is 0 Å². The van der Waals surface area contributed by atoms with Crippen molar-refractivity contribution in [2.24, 2.45) is 5.16 Å². The molecule has 0 spiro atoms. The van der Waals surface area contributed by atoms with Gasteiger partial charge in [-0.05, 0) is 86.2 Å². The standard InChI is InChI=1S/C30H37F3N2O3/c1-20(23-10-5-12-26-25(23)11-6-13-28(26)34-17-7-14-29(36)37)35-38-19-21-15-16-24(22-8-3-2-4-9-22)27(18-21)30(31,32)33/h5,10,12,15-16,18,22,28,34H,2-4,6-9,11,13-14,17,19H2,1H3,(H,36,37)/b35-20+. The highest BCUT2D eigenvalue weighted by atomic mass is 19.4. The number of carboxylic acids is 1. The molecule has 0 bridgehead atoms. The van der Waals surface area contributed by atoms with E-state index in [-0.39, 0.29) is 25.0 Å².